The maximum absolute atomic E-state index is 12.6. The van der Waals surface area contributed by atoms with E-state index in [2.05, 4.69) is 10.4 Å². The van der Waals surface area contributed by atoms with Gasteiger partial charge in [0.05, 0.1) is 0 Å². The maximum Gasteiger partial charge on any atom is 0.282 e. The number of hydrogen-bond donors (Lipinski definition) is 1. The van der Waals surface area contributed by atoms with Gasteiger partial charge in [-0.05, 0) is 18.9 Å². The van der Waals surface area contributed by atoms with Crippen molar-refractivity contribution in [2.24, 2.45) is 0 Å². The summed E-state index contributed by atoms with van der Waals surface area (Å²) in [5, 5.41) is 5.90. The minimum Gasteiger partial charge on any atom is -0.352 e. The maximum atomic E-state index is 12.6. The van der Waals surface area contributed by atoms with Crippen LogP contribution in [0.25, 0.3) is 0 Å². The minimum atomic E-state index is -2.95. The standard InChI is InChI=1S/C10H11F4N3O/c11-9(12)6-3-7(10(13)14)17(16-6)4-8(18)15-5-1-2-5/h3,5,9-10H,1-2,4H2,(H,15,18). The Morgan fingerprint density at radius 3 is 2.56 bits per heavy atom. The van der Waals surface area contributed by atoms with Crippen molar-refractivity contribution >= 4 is 5.91 Å². The van der Waals surface area contributed by atoms with Gasteiger partial charge in [0, 0.05) is 6.04 Å². The van der Waals surface area contributed by atoms with E-state index in [0.717, 1.165) is 12.8 Å². The number of carbonyl (C=O) groups is 1. The molecule has 1 heterocycles. The Hall–Kier alpha value is -1.60. The van der Waals surface area contributed by atoms with Crippen LogP contribution < -0.4 is 5.32 Å². The van der Waals surface area contributed by atoms with E-state index in [9.17, 15) is 22.4 Å². The molecule has 0 saturated heterocycles. The normalized spacial score (nSPS) is 15.4. The van der Waals surface area contributed by atoms with E-state index in [1.165, 1.54) is 0 Å². The summed E-state index contributed by atoms with van der Waals surface area (Å²) in [6.07, 6.45) is -4.17. The molecule has 1 aliphatic carbocycles. The molecular formula is C10H11F4N3O. The molecule has 8 heteroatoms. The molecule has 0 spiro atoms. The van der Waals surface area contributed by atoms with Crippen molar-refractivity contribution in [2.75, 3.05) is 0 Å². The highest BCUT2D eigenvalue weighted by Crippen LogP contribution is 2.25. The molecular weight excluding hydrogens is 254 g/mol. The third-order valence-corrected chi connectivity index (χ3v) is 2.51. The lowest BCUT2D eigenvalue weighted by molar-refractivity contribution is -0.122. The molecule has 4 nitrogen and oxygen atoms in total. The van der Waals surface area contributed by atoms with Crippen LogP contribution in [0.5, 0.6) is 0 Å². The van der Waals surface area contributed by atoms with Gasteiger partial charge in [-0.3, -0.25) is 9.48 Å². The lowest BCUT2D eigenvalue weighted by atomic mass is 10.3. The van der Waals surface area contributed by atoms with Crippen molar-refractivity contribution in [3.63, 3.8) is 0 Å². The summed E-state index contributed by atoms with van der Waals surface area (Å²) in [4.78, 5) is 11.4. The van der Waals surface area contributed by atoms with E-state index in [1.807, 2.05) is 0 Å². The van der Waals surface area contributed by atoms with Gasteiger partial charge in [-0.25, -0.2) is 17.6 Å². The molecule has 1 aromatic rings. The second-order valence-corrected chi connectivity index (χ2v) is 4.09. The van der Waals surface area contributed by atoms with Crippen molar-refractivity contribution in [1.29, 1.82) is 0 Å². The third kappa shape index (κ3) is 2.99. The summed E-state index contributed by atoms with van der Waals surface area (Å²) >= 11 is 0. The number of halogens is 4. The lowest BCUT2D eigenvalue weighted by Gasteiger charge is -2.06. The fraction of sp³-hybridized carbons (Fsp3) is 0.600. The van der Waals surface area contributed by atoms with E-state index in [0.29, 0.717) is 10.7 Å². The Morgan fingerprint density at radius 1 is 1.39 bits per heavy atom. The van der Waals surface area contributed by atoms with Crippen molar-refractivity contribution < 1.29 is 22.4 Å². The van der Waals surface area contributed by atoms with E-state index in [4.69, 9.17) is 0 Å². The van der Waals surface area contributed by atoms with Crippen molar-refractivity contribution in [1.82, 2.24) is 15.1 Å². The third-order valence-electron chi connectivity index (χ3n) is 2.51. The zero-order chi connectivity index (χ0) is 13.3. The Morgan fingerprint density at radius 2 is 2.06 bits per heavy atom. The summed E-state index contributed by atoms with van der Waals surface area (Å²) in [5.41, 5.74) is -1.42. The summed E-state index contributed by atoms with van der Waals surface area (Å²) in [6, 6.07) is 0.706. The van der Waals surface area contributed by atoms with E-state index < -0.39 is 36.7 Å². The molecule has 0 atom stereocenters. The molecule has 1 aliphatic rings. The van der Waals surface area contributed by atoms with Gasteiger partial charge in [0.15, 0.2) is 0 Å². The topological polar surface area (TPSA) is 46.9 Å². The van der Waals surface area contributed by atoms with Crippen LogP contribution in [0.3, 0.4) is 0 Å². The van der Waals surface area contributed by atoms with Crippen molar-refractivity contribution in [2.45, 2.75) is 38.3 Å². The fourth-order valence-electron chi connectivity index (χ4n) is 1.50. The summed E-state index contributed by atoms with van der Waals surface area (Å²) < 4.78 is 50.5. The van der Waals surface area contributed by atoms with E-state index in [1.54, 1.807) is 0 Å². The van der Waals surface area contributed by atoms with Crippen LogP contribution in [0.1, 0.15) is 37.1 Å². The number of carbonyl (C=O) groups excluding carboxylic acids is 1. The summed E-state index contributed by atoms with van der Waals surface area (Å²) in [6.45, 7) is -0.469. The van der Waals surface area contributed by atoms with Crippen LogP contribution in [0, 0.1) is 0 Å². The monoisotopic (exact) mass is 265 g/mol. The number of rotatable bonds is 5. The Bertz CT molecular complexity index is 442. The molecule has 2 rings (SSSR count). The van der Waals surface area contributed by atoms with Gasteiger partial charge < -0.3 is 5.32 Å². The average molecular weight is 265 g/mol. The lowest BCUT2D eigenvalue weighted by Crippen LogP contribution is -2.30. The molecule has 18 heavy (non-hydrogen) atoms. The molecule has 0 aromatic carbocycles. The number of amides is 1. The number of hydrogen-bond acceptors (Lipinski definition) is 2. The predicted molar refractivity (Wildman–Crippen MR) is 53.3 cm³/mol. The van der Waals surface area contributed by atoms with Crippen molar-refractivity contribution in [3.8, 4) is 0 Å². The fourth-order valence-corrected chi connectivity index (χ4v) is 1.50. The Balaban J connectivity index is 2.11. The van der Waals surface area contributed by atoms with Gasteiger partial charge in [0.1, 0.15) is 17.9 Å². The van der Waals surface area contributed by atoms with Gasteiger partial charge in [0.25, 0.3) is 12.9 Å². The number of nitrogens with zero attached hydrogens (tertiary/aromatic N) is 2. The minimum absolute atomic E-state index is 0.0811. The van der Waals surface area contributed by atoms with Crippen LogP contribution in [0.4, 0.5) is 17.6 Å². The highest BCUT2D eigenvalue weighted by atomic mass is 19.3. The first-order valence-electron chi connectivity index (χ1n) is 5.40. The molecule has 1 saturated carbocycles. The van der Waals surface area contributed by atoms with Gasteiger partial charge in [-0.2, -0.15) is 5.10 Å². The number of nitrogens with one attached hydrogen (secondary N) is 1. The quantitative estimate of drug-likeness (QED) is 0.828. The van der Waals surface area contributed by atoms with E-state index >= 15 is 0 Å². The van der Waals surface area contributed by atoms with Gasteiger partial charge in [-0.1, -0.05) is 0 Å². The molecule has 100 valence electrons. The molecule has 0 unspecified atom stereocenters. The highest BCUT2D eigenvalue weighted by molar-refractivity contribution is 5.76. The van der Waals surface area contributed by atoms with Gasteiger partial charge in [-0.15, -0.1) is 0 Å². The van der Waals surface area contributed by atoms with Crippen LogP contribution in [-0.4, -0.2) is 21.7 Å². The zero-order valence-corrected chi connectivity index (χ0v) is 9.25. The molecule has 1 N–H and O–H groups in total. The summed E-state index contributed by atoms with van der Waals surface area (Å²) in [5.74, 6) is -0.497. The van der Waals surface area contributed by atoms with Crippen LogP contribution in [0.2, 0.25) is 0 Å². The Kier molecular flexibility index (Phi) is 3.53. The van der Waals surface area contributed by atoms with Crippen LogP contribution >= 0.6 is 0 Å². The van der Waals surface area contributed by atoms with E-state index in [-0.39, 0.29) is 6.04 Å². The highest BCUT2D eigenvalue weighted by Gasteiger charge is 2.26. The number of alkyl halides is 4. The molecule has 0 radical (unpaired) electrons. The average Bonchev–Trinajstić information content (AvgIpc) is 2.95. The molecule has 0 bridgehead atoms. The SMILES string of the molecule is O=C(Cn1nc(C(F)F)cc1C(F)F)NC1CC1. The second kappa shape index (κ2) is 4.95. The number of aromatic nitrogens is 2. The molecule has 1 amide bonds. The zero-order valence-electron chi connectivity index (χ0n) is 9.25. The van der Waals surface area contributed by atoms with Crippen LogP contribution in [0.15, 0.2) is 6.07 Å². The van der Waals surface area contributed by atoms with Gasteiger partial charge in [0.2, 0.25) is 5.91 Å². The molecule has 1 fully saturated rings. The van der Waals surface area contributed by atoms with Crippen molar-refractivity contribution in [3.05, 3.63) is 17.5 Å². The molecule has 0 aliphatic heterocycles. The first-order valence-corrected chi connectivity index (χ1v) is 5.40. The van der Waals surface area contributed by atoms with Gasteiger partial charge >= 0.3 is 0 Å². The molecule has 1 aromatic heterocycles. The first kappa shape index (κ1) is 12.8. The largest absolute Gasteiger partial charge is 0.352 e. The Labute approximate surface area is 100.0 Å². The predicted octanol–water partition coefficient (Wildman–Crippen LogP) is 2.04. The second-order valence-electron chi connectivity index (χ2n) is 4.09. The summed E-state index contributed by atoms with van der Waals surface area (Å²) in [7, 11) is 0. The first-order chi connectivity index (χ1) is 8.47. The van der Waals surface area contributed by atoms with Crippen LogP contribution in [-0.2, 0) is 11.3 Å². The smallest absolute Gasteiger partial charge is 0.282 e.